The van der Waals surface area contributed by atoms with Gasteiger partial charge >= 0.3 is 0 Å². The molecule has 2 N–H and O–H groups in total. The molecule has 4 heteroatoms. The lowest BCUT2D eigenvalue weighted by atomic mass is 10.1. The Bertz CT molecular complexity index is 361. The van der Waals surface area contributed by atoms with E-state index in [2.05, 4.69) is 0 Å². The predicted octanol–water partition coefficient (Wildman–Crippen LogP) is 0.623. The first-order chi connectivity index (χ1) is 7.66. The number of nitrogens with two attached hydrogens (primary N) is 1. The van der Waals surface area contributed by atoms with Crippen LogP contribution in [0.15, 0.2) is 30.3 Å². The van der Waals surface area contributed by atoms with Crippen molar-refractivity contribution >= 4 is 5.91 Å². The van der Waals surface area contributed by atoms with Crippen molar-refractivity contribution in [3.63, 3.8) is 0 Å². The number of para-hydroxylation sites is 1. The average Bonchev–Trinajstić information content (AvgIpc) is 2.25. The summed E-state index contributed by atoms with van der Waals surface area (Å²) in [6.07, 6.45) is -0.449. The van der Waals surface area contributed by atoms with E-state index >= 15 is 0 Å². The van der Waals surface area contributed by atoms with Gasteiger partial charge in [-0.2, -0.15) is 0 Å². The zero-order valence-electron chi connectivity index (χ0n) is 9.30. The van der Waals surface area contributed by atoms with Crippen LogP contribution in [-0.4, -0.2) is 36.0 Å². The fourth-order valence-electron chi connectivity index (χ4n) is 1.70. The van der Waals surface area contributed by atoms with E-state index in [9.17, 15) is 4.79 Å². The third kappa shape index (κ3) is 2.33. The molecule has 0 bridgehead atoms. The molecule has 0 unspecified atom stereocenters. The topological polar surface area (TPSA) is 55.6 Å². The van der Waals surface area contributed by atoms with Crippen molar-refractivity contribution < 1.29 is 9.53 Å². The van der Waals surface area contributed by atoms with Crippen molar-refractivity contribution in [1.29, 1.82) is 0 Å². The van der Waals surface area contributed by atoms with E-state index in [1.165, 1.54) is 0 Å². The summed E-state index contributed by atoms with van der Waals surface area (Å²) in [5.41, 5.74) is 5.62. The normalized spacial score (nSPS) is 17.8. The van der Waals surface area contributed by atoms with Crippen molar-refractivity contribution in [1.82, 2.24) is 4.90 Å². The monoisotopic (exact) mass is 220 g/mol. The Kier molecular flexibility index (Phi) is 3.10. The van der Waals surface area contributed by atoms with Crippen LogP contribution >= 0.6 is 0 Å². The largest absolute Gasteiger partial charge is 0.481 e. The highest BCUT2D eigenvalue weighted by Crippen LogP contribution is 2.14. The van der Waals surface area contributed by atoms with Crippen LogP contribution in [0.4, 0.5) is 0 Å². The van der Waals surface area contributed by atoms with Crippen LogP contribution in [0.2, 0.25) is 0 Å². The SMILES string of the molecule is C[C@H](Oc1ccccc1)C(=O)N1CC(N)C1. The van der Waals surface area contributed by atoms with Crippen molar-refractivity contribution in [3.8, 4) is 5.75 Å². The minimum Gasteiger partial charge on any atom is -0.481 e. The Hall–Kier alpha value is -1.55. The van der Waals surface area contributed by atoms with Crippen molar-refractivity contribution in [2.24, 2.45) is 5.73 Å². The van der Waals surface area contributed by atoms with Gasteiger partial charge in [0.15, 0.2) is 6.10 Å². The molecule has 1 fully saturated rings. The second kappa shape index (κ2) is 4.53. The molecule has 1 aliphatic heterocycles. The number of nitrogens with zero attached hydrogens (tertiary/aromatic N) is 1. The third-order valence-corrected chi connectivity index (χ3v) is 2.63. The first kappa shape index (κ1) is 11.0. The molecule has 4 nitrogen and oxygen atoms in total. The number of amides is 1. The predicted molar refractivity (Wildman–Crippen MR) is 61.1 cm³/mol. The molecule has 86 valence electrons. The van der Waals surface area contributed by atoms with E-state index in [0.717, 1.165) is 0 Å². The Morgan fingerprint density at radius 3 is 2.62 bits per heavy atom. The van der Waals surface area contributed by atoms with Gasteiger partial charge in [-0.15, -0.1) is 0 Å². The maximum Gasteiger partial charge on any atom is 0.263 e. The number of likely N-dealkylation sites (tertiary alicyclic amines) is 1. The van der Waals surface area contributed by atoms with Gasteiger partial charge in [-0.1, -0.05) is 18.2 Å². The minimum atomic E-state index is -0.449. The zero-order chi connectivity index (χ0) is 11.5. The standard InChI is InChI=1S/C12H16N2O2/c1-9(12(15)14-7-10(13)8-14)16-11-5-3-2-4-6-11/h2-6,9-10H,7-8,13H2,1H3/t9-/m0/s1. The van der Waals surface area contributed by atoms with Crippen LogP contribution in [0.5, 0.6) is 5.75 Å². The number of hydrogen-bond donors (Lipinski definition) is 1. The Morgan fingerprint density at radius 1 is 1.44 bits per heavy atom. The van der Waals surface area contributed by atoms with E-state index < -0.39 is 6.10 Å². The molecule has 0 saturated carbocycles. The Morgan fingerprint density at radius 2 is 2.06 bits per heavy atom. The molecule has 1 saturated heterocycles. The molecule has 0 radical (unpaired) electrons. The van der Waals surface area contributed by atoms with Gasteiger partial charge in [0.25, 0.3) is 5.91 Å². The van der Waals surface area contributed by atoms with Gasteiger partial charge in [0, 0.05) is 19.1 Å². The number of carbonyl (C=O) groups is 1. The van der Waals surface area contributed by atoms with Crippen molar-refractivity contribution in [3.05, 3.63) is 30.3 Å². The summed E-state index contributed by atoms with van der Waals surface area (Å²) in [4.78, 5) is 13.5. The lowest BCUT2D eigenvalue weighted by Crippen LogP contribution is -2.60. The second-order valence-electron chi connectivity index (χ2n) is 4.08. The van der Waals surface area contributed by atoms with Crippen LogP contribution in [0.1, 0.15) is 6.92 Å². The van der Waals surface area contributed by atoms with Crippen LogP contribution in [-0.2, 0) is 4.79 Å². The maximum atomic E-state index is 11.8. The maximum absolute atomic E-state index is 11.8. The summed E-state index contributed by atoms with van der Waals surface area (Å²) < 4.78 is 5.54. The zero-order valence-corrected chi connectivity index (χ0v) is 9.30. The van der Waals surface area contributed by atoms with E-state index in [0.29, 0.717) is 18.8 Å². The van der Waals surface area contributed by atoms with Crippen LogP contribution in [0, 0.1) is 0 Å². The van der Waals surface area contributed by atoms with Crippen LogP contribution < -0.4 is 10.5 Å². The molecule has 0 aromatic heterocycles. The Labute approximate surface area is 95.0 Å². The van der Waals surface area contributed by atoms with E-state index in [4.69, 9.17) is 10.5 Å². The van der Waals surface area contributed by atoms with Crippen molar-refractivity contribution in [2.75, 3.05) is 13.1 Å². The highest BCUT2D eigenvalue weighted by atomic mass is 16.5. The highest BCUT2D eigenvalue weighted by molar-refractivity contribution is 5.81. The molecular weight excluding hydrogens is 204 g/mol. The molecule has 16 heavy (non-hydrogen) atoms. The molecule has 2 rings (SSSR count). The molecule has 1 heterocycles. The molecule has 0 aliphatic carbocycles. The van der Waals surface area contributed by atoms with Gasteiger partial charge in [0.1, 0.15) is 5.75 Å². The summed E-state index contributed by atoms with van der Waals surface area (Å²) in [6.45, 7) is 3.04. The first-order valence-electron chi connectivity index (χ1n) is 5.43. The molecule has 1 aromatic carbocycles. The second-order valence-corrected chi connectivity index (χ2v) is 4.08. The lowest BCUT2D eigenvalue weighted by Gasteiger charge is -2.38. The fraction of sp³-hybridized carbons (Fsp3) is 0.417. The molecule has 0 spiro atoms. The summed E-state index contributed by atoms with van der Waals surface area (Å²) in [7, 11) is 0. The van der Waals surface area contributed by atoms with Crippen molar-refractivity contribution in [2.45, 2.75) is 19.1 Å². The first-order valence-corrected chi connectivity index (χ1v) is 5.43. The summed E-state index contributed by atoms with van der Waals surface area (Å²) in [5.74, 6) is 0.721. The van der Waals surface area contributed by atoms with E-state index in [1.807, 2.05) is 30.3 Å². The molecule has 1 aliphatic rings. The van der Waals surface area contributed by atoms with Gasteiger partial charge in [-0.05, 0) is 19.1 Å². The van der Waals surface area contributed by atoms with E-state index in [-0.39, 0.29) is 11.9 Å². The molecule has 1 atom stereocenters. The van der Waals surface area contributed by atoms with Gasteiger partial charge in [-0.25, -0.2) is 0 Å². The highest BCUT2D eigenvalue weighted by Gasteiger charge is 2.31. The number of benzene rings is 1. The number of rotatable bonds is 3. The molecular formula is C12H16N2O2. The smallest absolute Gasteiger partial charge is 0.263 e. The summed E-state index contributed by atoms with van der Waals surface area (Å²) >= 11 is 0. The van der Waals surface area contributed by atoms with Gasteiger partial charge in [-0.3, -0.25) is 4.79 Å². The number of carbonyl (C=O) groups excluding carboxylic acids is 1. The number of hydrogen-bond acceptors (Lipinski definition) is 3. The Balaban J connectivity index is 1.88. The average molecular weight is 220 g/mol. The van der Waals surface area contributed by atoms with Gasteiger partial charge < -0.3 is 15.4 Å². The summed E-state index contributed by atoms with van der Waals surface area (Å²) in [6, 6.07) is 9.48. The molecule has 1 amide bonds. The molecule has 1 aromatic rings. The third-order valence-electron chi connectivity index (χ3n) is 2.63. The minimum absolute atomic E-state index is 0.00514. The quantitative estimate of drug-likeness (QED) is 0.812. The van der Waals surface area contributed by atoms with E-state index in [1.54, 1.807) is 11.8 Å². The number of ether oxygens (including phenoxy) is 1. The lowest BCUT2D eigenvalue weighted by molar-refractivity contribution is -0.142. The van der Waals surface area contributed by atoms with Crippen LogP contribution in [0.25, 0.3) is 0 Å². The summed E-state index contributed by atoms with van der Waals surface area (Å²) in [5, 5.41) is 0. The van der Waals surface area contributed by atoms with Gasteiger partial charge in [0.05, 0.1) is 0 Å². The van der Waals surface area contributed by atoms with Gasteiger partial charge in [0.2, 0.25) is 0 Å². The fourth-order valence-corrected chi connectivity index (χ4v) is 1.70. The van der Waals surface area contributed by atoms with Crippen LogP contribution in [0.3, 0.4) is 0 Å².